The van der Waals surface area contributed by atoms with Crippen molar-refractivity contribution in [1.82, 2.24) is 10.3 Å². The summed E-state index contributed by atoms with van der Waals surface area (Å²) in [6, 6.07) is 3.42. The minimum Gasteiger partial charge on any atom is -0.481 e. The number of hydrogen-bond acceptors (Lipinski definition) is 3. The Labute approximate surface area is 133 Å². The molecule has 1 atom stereocenters. The molecule has 1 unspecified atom stereocenters. The molecule has 0 saturated heterocycles. The highest BCUT2D eigenvalue weighted by Crippen LogP contribution is 2.20. The Morgan fingerprint density at radius 3 is 2.67 bits per heavy atom. The number of carbonyl (C=O) groups excluding carboxylic acids is 1. The summed E-state index contributed by atoms with van der Waals surface area (Å²) in [5, 5.41) is 11.6. The van der Waals surface area contributed by atoms with Crippen molar-refractivity contribution >= 4 is 27.8 Å². The minimum absolute atomic E-state index is 0.171. The molecule has 2 N–H and O–H groups in total. The third-order valence-corrected chi connectivity index (χ3v) is 4.11. The molecular formula is C15H21BrN2O3. The monoisotopic (exact) mass is 356 g/mol. The molecule has 1 amide bonds. The van der Waals surface area contributed by atoms with Gasteiger partial charge in [0.1, 0.15) is 4.60 Å². The number of aromatic nitrogens is 1. The normalized spacial score (nSPS) is 12.2. The van der Waals surface area contributed by atoms with Crippen molar-refractivity contribution in [3.8, 4) is 0 Å². The fourth-order valence-corrected chi connectivity index (χ4v) is 2.57. The highest BCUT2D eigenvalue weighted by atomic mass is 79.9. The molecule has 0 spiro atoms. The first-order valence-electron chi connectivity index (χ1n) is 7.02. The molecule has 0 fully saturated rings. The van der Waals surface area contributed by atoms with E-state index < -0.39 is 5.97 Å². The van der Waals surface area contributed by atoms with Crippen molar-refractivity contribution in [3.63, 3.8) is 0 Å². The number of nitrogens with one attached hydrogen (secondary N) is 1. The maximum atomic E-state index is 12.0. The fraction of sp³-hybridized carbons (Fsp3) is 0.533. The second-order valence-electron chi connectivity index (χ2n) is 5.32. The predicted octanol–water partition coefficient (Wildman–Crippen LogP) is 3.10. The first-order valence-corrected chi connectivity index (χ1v) is 7.81. The summed E-state index contributed by atoms with van der Waals surface area (Å²) in [6.07, 6.45) is 3.19. The first kappa shape index (κ1) is 17.6. The van der Waals surface area contributed by atoms with Gasteiger partial charge in [0, 0.05) is 19.2 Å². The third-order valence-electron chi connectivity index (χ3n) is 3.48. The molecule has 0 aliphatic rings. The van der Waals surface area contributed by atoms with Gasteiger partial charge in [-0.1, -0.05) is 13.8 Å². The van der Waals surface area contributed by atoms with Gasteiger partial charge in [-0.15, -0.1) is 0 Å². The number of hydrogen-bond donors (Lipinski definition) is 2. The van der Waals surface area contributed by atoms with Gasteiger partial charge in [-0.05, 0) is 52.7 Å². The van der Waals surface area contributed by atoms with Gasteiger partial charge in [0.05, 0.1) is 5.56 Å². The lowest BCUT2D eigenvalue weighted by Crippen LogP contribution is -2.27. The molecule has 0 aromatic carbocycles. The molecule has 0 aliphatic carbocycles. The molecule has 116 valence electrons. The first-order chi connectivity index (χ1) is 9.91. The van der Waals surface area contributed by atoms with Crippen LogP contribution in [0.4, 0.5) is 0 Å². The van der Waals surface area contributed by atoms with Crippen molar-refractivity contribution in [3.05, 3.63) is 28.5 Å². The smallest absolute Gasteiger partial charge is 0.303 e. The number of rotatable bonds is 8. The Morgan fingerprint density at radius 1 is 1.38 bits per heavy atom. The van der Waals surface area contributed by atoms with Gasteiger partial charge in [-0.25, -0.2) is 4.98 Å². The summed E-state index contributed by atoms with van der Waals surface area (Å²) in [5.41, 5.74) is 0.504. The van der Waals surface area contributed by atoms with Gasteiger partial charge < -0.3 is 10.4 Å². The average Bonchev–Trinajstić information content (AvgIpc) is 2.42. The van der Waals surface area contributed by atoms with Crippen molar-refractivity contribution in [1.29, 1.82) is 0 Å². The third kappa shape index (κ3) is 6.25. The number of aliphatic carboxylic acids is 1. The SMILES string of the molecule is CC(C)C(CCNC(=O)c1cccnc1Br)CCC(=O)O. The summed E-state index contributed by atoms with van der Waals surface area (Å²) in [5.74, 6) is -0.259. The molecule has 1 aromatic heterocycles. The van der Waals surface area contributed by atoms with Crippen LogP contribution in [0.15, 0.2) is 22.9 Å². The number of carbonyl (C=O) groups is 2. The number of carboxylic acid groups (broad SMARTS) is 1. The van der Waals surface area contributed by atoms with E-state index in [0.29, 0.717) is 35.0 Å². The molecular weight excluding hydrogens is 336 g/mol. The van der Waals surface area contributed by atoms with Gasteiger partial charge >= 0.3 is 5.97 Å². The largest absolute Gasteiger partial charge is 0.481 e. The van der Waals surface area contributed by atoms with Gasteiger partial charge in [0.15, 0.2) is 0 Å². The topological polar surface area (TPSA) is 79.3 Å². The van der Waals surface area contributed by atoms with E-state index in [2.05, 4.69) is 40.1 Å². The molecule has 21 heavy (non-hydrogen) atoms. The molecule has 1 heterocycles. The van der Waals surface area contributed by atoms with E-state index in [1.807, 2.05) is 0 Å². The van der Waals surface area contributed by atoms with Crippen LogP contribution in [0, 0.1) is 11.8 Å². The Morgan fingerprint density at radius 2 is 2.10 bits per heavy atom. The Bertz CT molecular complexity index is 492. The summed E-state index contributed by atoms with van der Waals surface area (Å²) in [4.78, 5) is 26.7. The highest BCUT2D eigenvalue weighted by Gasteiger charge is 2.16. The highest BCUT2D eigenvalue weighted by molar-refractivity contribution is 9.10. The van der Waals surface area contributed by atoms with E-state index in [1.165, 1.54) is 0 Å². The number of amides is 1. The van der Waals surface area contributed by atoms with Crippen molar-refractivity contribution < 1.29 is 14.7 Å². The van der Waals surface area contributed by atoms with Gasteiger partial charge in [0.2, 0.25) is 0 Å². The van der Waals surface area contributed by atoms with Crippen LogP contribution in [0.1, 0.15) is 43.5 Å². The lowest BCUT2D eigenvalue weighted by atomic mass is 9.88. The van der Waals surface area contributed by atoms with Gasteiger partial charge in [0.25, 0.3) is 5.91 Å². The van der Waals surface area contributed by atoms with Crippen LogP contribution < -0.4 is 5.32 Å². The van der Waals surface area contributed by atoms with E-state index in [4.69, 9.17) is 5.11 Å². The molecule has 0 bridgehead atoms. The maximum absolute atomic E-state index is 12.0. The summed E-state index contributed by atoms with van der Waals surface area (Å²) >= 11 is 3.24. The number of nitrogens with zero attached hydrogens (tertiary/aromatic N) is 1. The fourth-order valence-electron chi connectivity index (χ4n) is 2.14. The van der Waals surface area contributed by atoms with Crippen LogP contribution in [0.25, 0.3) is 0 Å². The van der Waals surface area contributed by atoms with Crippen LogP contribution in [0.3, 0.4) is 0 Å². The molecule has 0 aliphatic heterocycles. The molecule has 6 heteroatoms. The second kappa shape index (κ2) is 8.77. The number of pyridine rings is 1. The Kier molecular flexibility index (Phi) is 7.36. The van der Waals surface area contributed by atoms with Crippen LogP contribution >= 0.6 is 15.9 Å². The van der Waals surface area contributed by atoms with Gasteiger partial charge in [-0.2, -0.15) is 0 Å². The maximum Gasteiger partial charge on any atom is 0.303 e. The van der Waals surface area contributed by atoms with Crippen molar-refractivity contribution in [2.24, 2.45) is 11.8 Å². The van der Waals surface area contributed by atoms with Gasteiger partial charge in [-0.3, -0.25) is 9.59 Å². The number of carboxylic acids is 1. The molecule has 5 nitrogen and oxygen atoms in total. The summed E-state index contributed by atoms with van der Waals surface area (Å²) in [7, 11) is 0. The molecule has 1 aromatic rings. The van der Waals surface area contributed by atoms with E-state index in [-0.39, 0.29) is 12.3 Å². The average molecular weight is 357 g/mol. The lowest BCUT2D eigenvalue weighted by Gasteiger charge is -2.20. The molecule has 0 saturated carbocycles. The van der Waals surface area contributed by atoms with Crippen LogP contribution in [0.2, 0.25) is 0 Å². The van der Waals surface area contributed by atoms with Crippen LogP contribution in [-0.2, 0) is 4.79 Å². The van der Waals surface area contributed by atoms with E-state index in [9.17, 15) is 9.59 Å². The van der Waals surface area contributed by atoms with E-state index in [1.54, 1.807) is 18.3 Å². The Balaban J connectivity index is 2.45. The molecule has 0 radical (unpaired) electrons. The van der Waals surface area contributed by atoms with Crippen LogP contribution in [-0.4, -0.2) is 28.5 Å². The summed E-state index contributed by atoms with van der Waals surface area (Å²) < 4.78 is 0.522. The zero-order valence-corrected chi connectivity index (χ0v) is 13.9. The van der Waals surface area contributed by atoms with E-state index in [0.717, 1.165) is 6.42 Å². The van der Waals surface area contributed by atoms with Crippen molar-refractivity contribution in [2.45, 2.75) is 33.1 Å². The summed E-state index contributed by atoms with van der Waals surface area (Å²) in [6.45, 7) is 4.68. The van der Waals surface area contributed by atoms with Crippen molar-refractivity contribution in [2.75, 3.05) is 6.54 Å². The lowest BCUT2D eigenvalue weighted by molar-refractivity contribution is -0.137. The quantitative estimate of drug-likeness (QED) is 0.701. The number of halogens is 1. The van der Waals surface area contributed by atoms with Crippen LogP contribution in [0.5, 0.6) is 0 Å². The second-order valence-corrected chi connectivity index (χ2v) is 6.07. The predicted molar refractivity (Wildman–Crippen MR) is 84.1 cm³/mol. The van der Waals surface area contributed by atoms with E-state index >= 15 is 0 Å². The molecule has 1 rings (SSSR count). The minimum atomic E-state index is -0.774. The zero-order chi connectivity index (χ0) is 15.8. The standard InChI is InChI=1S/C15H21BrN2O3/c1-10(2)11(5-6-13(19)20)7-9-18-15(21)12-4-3-8-17-14(12)16/h3-4,8,10-11H,5-7,9H2,1-2H3,(H,18,21)(H,19,20). The zero-order valence-electron chi connectivity index (χ0n) is 12.3. The Hall–Kier alpha value is -1.43.